The number of amides is 2. The van der Waals surface area contributed by atoms with Gasteiger partial charge in [-0.05, 0) is 53.7 Å². The van der Waals surface area contributed by atoms with Gasteiger partial charge in [-0.25, -0.2) is 0 Å². The standard InChI is InChI=1S/C27H23N3O4S/c1-33-22-15-14-20(28-25(31)23-13-8-16-34-23)17-21(22)29-27(35)30-26(32)24(18-9-4-2-5-10-18)19-11-6-3-7-12-19/h2-17,24H,1H3,(H,28,31)(H2,29,30,32,35). The Morgan fingerprint density at radius 1 is 0.857 bits per heavy atom. The maximum absolute atomic E-state index is 13.3. The molecule has 1 heterocycles. The second-order valence-corrected chi connectivity index (χ2v) is 7.95. The first-order chi connectivity index (χ1) is 17.0. The van der Waals surface area contributed by atoms with Crippen molar-refractivity contribution in [2.24, 2.45) is 0 Å². The Labute approximate surface area is 208 Å². The van der Waals surface area contributed by atoms with E-state index in [0.29, 0.717) is 17.1 Å². The molecule has 4 aromatic rings. The monoisotopic (exact) mass is 485 g/mol. The number of furan rings is 1. The molecule has 0 saturated heterocycles. The number of thiocarbonyl (C=S) groups is 1. The molecule has 3 N–H and O–H groups in total. The largest absolute Gasteiger partial charge is 0.495 e. The van der Waals surface area contributed by atoms with Gasteiger partial charge in [-0.15, -0.1) is 0 Å². The molecule has 4 rings (SSSR count). The molecule has 0 bridgehead atoms. The van der Waals surface area contributed by atoms with E-state index in [9.17, 15) is 9.59 Å². The molecule has 0 aliphatic carbocycles. The third kappa shape index (κ3) is 5.93. The molecule has 0 saturated carbocycles. The Bertz CT molecular complexity index is 1270. The summed E-state index contributed by atoms with van der Waals surface area (Å²) in [5.41, 5.74) is 2.67. The van der Waals surface area contributed by atoms with Crippen LogP contribution in [0.5, 0.6) is 5.75 Å². The van der Waals surface area contributed by atoms with E-state index in [-0.39, 0.29) is 16.8 Å². The molecule has 0 aliphatic rings. The third-order valence-corrected chi connectivity index (χ3v) is 5.42. The molecule has 35 heavy (non-hydrogen) atoms. The lowest BCUT2D eigenvalue weighted by Crippen LogP contribution is -2.38. The molecule has 2 amide bonds. The highest BCUT2D eigenvalue weighted by Crippen LogP contribution is 2.29. The first kappa shape index (κ1) is 23.7. The van der Waals surface area contributed by atoms with Crippen LogP contribution in [0, 0.1) is 0 Å². The zero-order valence-electron chi connectivity index (χ0n) is 18.9. The van der Waals surface area contributed by atoms with E-state index in [1.165, 1.54) is 13.4 Å². The normalized spacial score (nSPS) is 10.5. The van der Waals surface area contributed by atoms with Gasteiger partial charge in [0.15, 0.2) is 10.9 Å². The Balaban J connectivity index is 1.50. The van der Waals surface area contributed by atoms with Gasteiger partial charge in [0.25, 0.3) is 5.91 Å². The minimum absolute atomic E-state index is 0.0969. The summed E-state index contributed by atoms with van der Waals surface area (Å²) < 4.78 is 10.5. The maximum Gasteiger partial charge on any atom is 0.291 e. The quantitative estimate of drug-likeness (QED) is 0.312. The summed E-state index contributed by atoms with van der Waals surface area (Å²) in [5, 5.41) is 8.63. The molecule has 0 spiro atoms. The van der Waals surface area contributed by atoms with Crippen LogP contribution in [0.15, 0.2) is 102 Å². The van der Waals surface area contributed by atoms with Crippen molar-refractivity contribution in [3.8, 4) is 5.75 Å². The molecule has 176 valence electrons. The predicted octanol–water partition coefficient (Wildman–Crippen LogP) is 5.19. The van der Waals surface area contributed by atoms with Crippen LogP contribution in [-0.4, -0.2) is 24.0 Å². The van der Waals surface area contributed by atoms with Crippen molar-refractivity contribution in [1.29, 1.82) is 0 Å². The van der Waals surface area contributed by atoms with Crippen molar-refractivity contribution in [3.63, 3.8) is 0 Å². The van der Waals surface area contributed by atoms with Gasteiger partial charge in [-0.2, -0.15) is 0 Å². The number of hydrogen-bond acceptors (Lipinski definition) is 5. The number of nitrogens with one attached hydrogen (secondary N) is 3. The van der Waals surface area contributed by atoms with E-state index in [0.717, 1.165) is 11.1 Å². The Morgan fingerprint density at radius 3 is 2.09 bits per heavy atom. The fourth-order valence-electron chi connectivity index (χ4n) is 3.61. The SMILES string of the molecule is COc1ccc(NC(=O)c2ccco2)cc1NC(=S)NC(=O)C(c1ccccc1)c1ccccc1. The van der Waals surface area contributed by atoms with E-state index in [1.54, 1.807) is 30.3 Å². The topological polar surface area (TPSA) is 92.6 Å². The summed E-state index contributed by atoms with van der Waals surface area (Å²) in [5.74, 6) is -0.541. The third-order valence-electron chi connectivity index (χ3n) is 5.22. The summed E-state index contributed by atoms with van der Waals surface area (Å²) in [6.07, 6.45) is 1.43. The summed E-state index contributed by atoms with van der Waals surface area (Å²) in [7, 11) is 1.52. The van der Waals surface area contributed by atoms with E-state index in [1.807, 2.05) is 60.7 Å². The van der Waals surface area contributed by atoms with Gasteiger partial charge in [-0.1, -0.05) is 60.7 Å². The first-order valence-corrected chi connectivity index (χ1v) is 11.2. The highest BCUT2D eigenvalue weighted by molar-refractivity contribution is 7.80. The number of rotatable bonds is 7. The van der Waals surface area contributed by atoms with Crippen molar-refractivity contribution < 1.29 is 18.7 Å². The van der Waals surface area contributed by atoms with Crippen molar-refractivity contribution >= 4 is 40.5 Å². The molecule has 0 atom stereocenters. The second-order valence-electron chi connectivity index (χ2n) is 7.54. The minimum atomic E-state index is -0.544. The van der Waals surface area contributed by atoms with E-state index >= 15 is 0 Å². The molecule has 8 heteroatoms. The second kappa shape index (κ2) is 11.1. The molecule has 0 aliphatic heterocycles. The number of carbonyl (C=O) groups excluding carboxylic acids is 2. The van der Waals surface area contributed by atoms with Gasteiger partial charge < -0.3 is 25.1 Å². The lowest BCUT2D eigenvalue weighted by molar-refractivity contribution is -0.120. The van der Waals surface area contributed by atoms with Gasteiger partial charge in [-0.3, -0.25) is 9.59 Å². The van der Waals surface area contributed by atoms with Gasteiger partial charge in [0.05, 0.1) is 25.0 Å². The number of benzene rings is 3. The number of anilines is 2. The molecular formula is C27H23N3O4S. The summed E-state index contributed by atoms with van der Waals surface area (Å²) >= 11 is 5.43. The fourth-order valence-corrected chi connectivity index (χ4v) is 3.82. The van der Waals surface area contributed by atoms with Crippen LogP contribution in [0.2, 0.25) is 0 Å². The van der Waals surface area contributed by atoms with Gasteiger partial charge >= 0.3 is 0 Å². The number of ether oxygens (including phenoxy) is 1. The van der Waals surface area contributed by atoms with Crippen molar-refractivity contribution in [3.05, 3.63) is 114 Å². The smallest absolute Gasteiger partial charge is 0.291 e. The molecule has 0 unspecified atom stereocenters. The zero-order valence-corrected chi connectivity index (χ0v) is 19.7. The molecular weight excluding hydrogens is 462 g/mol. The van der Waals surface area contributed by atoms with Gasteiger partial charge in [0.2, 0.25) is 5.91 Å². The van der Waals surface area contributed by atoms with E-state index in [4.69, 9.17) is 21.4 Å². The van der Waals surface area contributed by atoms with Crippen LogP contribution in [0.25, 0.3) is 0 Å². The van der Waals surface area contributed by atoms with Crippen molar-refractivity contribution in [2.45, 2.75) is 5.92 Å². The van der Waals surface area contributed by atoms with Crippen LogP contribution in [0.3, 0.4) is 0 Å². The Morgan fingerprint density at radius 2 is 1.51 bits per heavy atom. The lowest BCUT2D eigenvalue weighted by atomic mass is 9.90. The molecule has 0 fully saturated rings. The average Bonchev–Trinajstić information content (AvgIpc) is 3.41. The highest BCUT2D eigenvalue weighted by atomic mass is 32.1. The first-order valence-electron chi connectivity index (χ1n) is 10.8. The molecule has 3 aromatic carbocycles. The molecule has 7 nitrogen and oxygen atoms in total. The summed E-state index contributed by atoms with van der Waals surface area (Å²) in [4.78, 5) is 25.6. The minimum Gasteiger partial charge on any atom is -0.495 e. The highest BCUT2D eigenvalue weighted by Gasteiger charge is 2.23. The zero-order chi connectivity index (χ0) is 24.6. The van der Waals surface area contributed by atoms with Crippen molar-refractivity contribution in [1.82, 2.24) is 5.32 Å². The van der Waals surface area contributed by atoms with Crippen LogP contribution in [0.4, 0.5) is 11.4 Å². The van der Waals surface area contributed by atoms with Crippen LogP contribution in [-0.2, 0) is 4.79 Å². The average molecular weight is 486 g/mol. The Hall–Kier alpha value is -4.43. The van der Waals surface area contributed by atoms with E-state index < -0.39 is 11.8 Å². The number of hydrogen-bond donors (Lipinski definition) is 3. The molecule has 1 aromatic heterocycles. The van der Waals surface area contributed by atoms with Crippen LogP contribution < -0.4 is 20.7 Å². The Kier molecular flexibility index (Phi) is 7.54. The van der Waals surface area contributed by atoms with Crippen LogP contribution in [0.1, 0.15) is 27.6 Å². The van der Waals surface area contributed by atoms with Crippen molar-refractivity contribution in [2.75, 3.05) is 17.7 Å². The van der Waals surface area contributed by atoms with Gasteiger partial charge in [0.1, 0.15) is 5.75 Å². The molecule has 0 radical (unpaired) electrons. The number of carbonyl (C=O) groups is 2. The lowest BCUT2D eigenvalue weighted by Gasteiger charge is -2.19. The van der Waals surface area contributed by atoms with E-state index in [2.05, 4.69) is 16.0 Å². The predicted molar refractivity (Wildman–Crippen MR) is 139 cm³/mol. The summed E-state index contributed by atoms with van der Waals surface area (Å²) in [6.45, 7) is 0. The number of methoxy groups -OCH3 is 1. The summed E-state index contributed by atoms with van der Waals surface area (Å²) in [6, 6.07) is 27.2. The maximum atomic E-state index is 13.3. The van der Waals surface area contributed by atoms with Crippen LogP contribution >= 0.6 is 12.2 Å². The van der Waals surface area contributed by atoms with Gasteiger partial charge in [0, 0.05) is 5.69 Å². The fraction of sp³-hybridized carbons (Fsp3) is 0.0741.